The normalized spacial score (nSPS) is 15.4. The molecule has 1 saturated heterocycles. The van der Waals surface area contributed by atoms with Crippen LogP contribution in [0.25, 0.3) is 11.0 Å². The number of benzene rings is 1. The highest BCUT2D eigenvalue weighted by Gasteiger charge is 2.22. The summed E-state index contributed by atoms with van der Waals surface area (Å²) in [6, 6.07) is 4.75. The Labute approximate surface area is 198 Å². The molecule has 1 aliphatic heterocycles. The Balaban J connectivity index is 1.38. The minimum absolute atomic E-state index is 0.0458. The lowest BCUT2D eigenvalue weighted by atomic mass is 10.2. The summed E-state index contributed by atoms with van der Waals surface area (Å²) in [6.07, 6.45) is 1.79. The van der Waals surface area contributed by atoms with Gasteiger partial charge in [-0.2, -0.15) is 0 Å². The van der Waals surface area contributed by atoms with Crippen molar-refractivity contribution in [2.45, 2.75) is 51.1 Å². The first-order valence-corrected chi connectivity index (χ1v) is 13.6. The van der Waals surface area contributed by atoms with Crippen LogP contribution in [0.2, 0.25) is 0 Å². The monoisotopic (exact) mass is 490 g/mol. The van der Waals surface area contributed by atoms with Gasteiger partial charge >= 0.3 is 0 Å². The number of carbonyl (C=O) groups is 1. The number of imidazole rings is 1. The zero-order chi connectivity index (χ0) is 23.6. The number of rotatable bonds is 8. The molecule has 1 aromatic carbocycles. The van der Waals surface area contributed by atoms with Gasteiger partial charge in [-0.25, -0.2) is 23.5 Å². The molecule has 0 aliphatic carbocycles. The first-order valence-electron chi connectivity index (χ1n) is 11.2. The second kappa shape index (κ2) is 9.88. The molecule has 11 heteroatoms. The van der Waals surface area contributed by atoms with Crippen molar-refractivity contribution < 1.29 is 13.2 Å². The lowest BCUT2D eigenvalue weighted by molar-refractivity contribution is -0.133. The van der Waals surface area contributed by atoms with Gasteiger partial charge in [0.15, 0.2) is 0 Å². The van der Waals surface area contributed by atoms with Crippen LogP contribution in [0.3, 0.4) is 0 Å². The van der Waals surface area contributed by atoms with E-state index in [1.165, 1.54) is 12.1 Å². The molecule has 1 fully saturated rings. The topological polar surface area (TPSA) is 114 Å². The third-order valence-electron chi connectivity index (χ3n) is 5.91. The van der Waals surface area contributed by atoms with E-state index in [0.717, 1.165) is 54.6 Å². The highest BCUT2D eigenvalue weighted by atomic mass is 32.2. The predicted molar refractivity (Wildman–Crippen MR) is 128 cm³/mol. The molecular formula is C22H30N6O3S2. The minimum atomic E-state index is -3.79. The van der Waals surface area contributed by atoms with Gasteiger partial charge in [-0.05, 0) is 31.5 Å². The Hall–Kier alpha value is -2.34. The number of aryl methyl sites for hydroxylation is 3. The molecule has 9 nitrogen and oxygen atoms in total. The van der Waals surface area contributed by atoms with Gasteiger partial charge < -0.3 is 9.47 Å². The van der Waals surface area contributed by atoms with Crippen LogP contribution in [0.1, 0.15) is 36.3 Å². The Morgan fingerprint density at radius 3 is 2.58 bits per heavy atom. The molecule has 0 radical (unpaired) electrons. The molecule has 0 spiro atoms. The molecule has 1 amide bonds. The molecule has 3 heterocycles. The van der Waals surface area contributed by atoms with Crippen LogP contribution in [0.4, 0.5) is 0 Å². The molecule has 33 heavy (non-hydrogen) atoms. The van der Waals surface area contributed by atoms with Gasteiger partial charge in [0.05, 0.1) is 26.6 Å². The first-order chi connectivity index (χ1) is 15.7. The van der Waals surface area contributed by atoms with Crippen LogP contribution in [0, 0.1) is 6.92 Å². The van der Waals surface area contributed by atoms with Crippen molar-refractivity contribution in [3.8, 4) is 0 Å². The summed E-state index contributed by atoms with van der Waals surface area (Å²) in [7, 11) is -3.79. The summed E-state index contributed by atoms with van der Waals surface area (Å²) >= 11 is 1.66. The molecule has 0 unspecified atom stereocenters. The van der Waals surface area contributed by atoms with Crippen LogP contribution in [0.5, 0.6) is 0 Å². The average Bonchev–Trinajstić information content (AvgIpc) is 3.34. The second-order valence-corrected chi connectivity index (χ2v) is 11.0. The number of amides is 1. The Bertz CT molecular complexity index is 1240. The predicted octanol–water partition coefficient (Wildman–Crippen LogP) is 2.14. The standard InChI is InChI=1S/C22H30N6O3S2/c1-3-8-28-20-5-4-18(33(23,30)31)13-19(20)25-21(28)6-7-22(29)27-11-9-26(10-12-27)14-17-15-32-16(2)24-17/h4-5,13,15H,3,6-12,14H2,1-2H3,(H2,23,30,31). The SMILES string of the molecule is CCCn1c(CCC(=O)N2CCN(Cc3csc(C)n3)CC2)nc2cc(S(N)(=O)=O)ccc21. The maximum absolute atomic E-state index is 12.9. The molecule has 1 aliphatic rings. The molecule has 0 bridgehead atoms. The fourth-order valence-corrected chi connectivity index (χ4v) is 5.38. The van der Waals surface area contributed by atoms with E-state index in [-0.39, 0.29) is 10.8 Å². The van der Waals surface area contributed by atoms with Gasteiger partial charge in [0.1, 0.15) is 5.82 Å². The number of hydrogen-bond donors (Lipinski definition) is 1. The van der Waals surface area contributed by atoms with E-state index in [0.29, 0.717) is 31.4 Å². The summed E-state index contributed by atoms with van der Waals surface area (Å²) < 4.78 is 25.5. The number of aromatic nitrogens is 3. The first kappa shape index (κ1) is 23.8. The minimum Gasteiger partial charge on any atom is -0.340 e. The summed E-state index contributed by atoms with van der Waals surface area (Å²) in [5, 5.41) is 8.44. The van der Waals surface area contributed by atoms with Crippen molar-refractivity contribution >= 4 is 38.3 Å². The summed E-state index contributed by atoms with van der Waals surface area (Å²) in [5.41, 5.74) is 2.54. The lowest BCUT2D eigenvalue weighted by Gasteiger charge is -2.34. The zero-order valence-electron chi connectivity index (χ0n) is 19.0. The maximum atomic E-state index is 12.9. The molecule has 178 valence electrons. The molecule has 0 saturated carbocycles. The fourth-order valence-electron chi connectivity index (χ4n) is 4.24. The molecule has 2 aromatic heterocycles. The molecular weight excluding hydrogens is 460 g/mol. The number of thiazole rings is 1. The summed E-state index contributed by atoms with van der Waals surface area (Å²) in [6.45, 7) is 8.78. The van der Waals surface area contributed by atoms with Gasteiger partial charge in [-0.15, -0.1) is 11.3 Å². The Kier molecular flexibility index (Phi) is 7.13. The van der Waals surface area contributed by atoms with E-state index in [4.69, 9.17) is 5.14 Å². The highest BCUT2D eigenvalue weighted by Crippen LogP contribution is 2.22. The van der Waals surface area contributed by atoms with E-state index in [1.54, 1.807) is 17.4 Å². The fraction of sp³-hybridized carbons (Fsp3) is 0.500. The largest absolute Gasteiger partial charge is 0.340 e. The van der Waals surface area contributed by atoms with Gasteiger partial charge in [0.25, 0.3) is 0 Å². The van der Waals surface area contributed by atoms with Gasteiger partial charge in [-0.1, -0.05) is 6.92 Å². The van der Waals surface area contributed by atoms with Crippen LogP contribution in [-0.2, 0) is 34.3 Å². The van der Waals surface area contributed by atoms with Crippen molar-refractivity contribution in [1.82, 2.24) is 24.3 Å². The third-order valence-corrected chi connectivity index (χ3v) is 7.65. The smallest absolute Gasteiger partial charge is 0.238 e. The third kappa shape index (κ3) is 5.60. The van der Waals surface area contributed by atoms with Gasteiger partial charge in [-0.3, -0.25) is 9.69 Å². The number of nitrogens with two attached hydrogens (primary N) is 1. The molecule has 0 atom stereocenters. The van der Waals surface area contributed by atoms with E-state index < -0.39 is 10.0 Å². The van der Waals surface area contributed by atoms with E-state index in [1.807, 2.05) is 11.8 Å². The van der Waals surface area contributed by atoms with Crippen molar-refractivity contribution in [2.75, 3.05) is 26.2 Å². The average molecular weight is 491 g/mol. The summed E-state index contributed by atoms with van der Waals surface area (Å²) in [4.78, 5) is 26.4. The van der Waals surface area contributed by atoms with Crippen molar-refractivity contribution in [1.29, 1.82) is 0 Å². The van der Waals surface area contributed by atoms with Gasteiger partial charge in [0, 0.05) is 57.5 Å². The van der Waals surface area contributed by atoms with Crippen LogP contribution < -0.4 is 5.14 Å². The number of hydrogen-bond acceptors (Lipinski definition) is 7. The number of primary sulfonamides is 1. The van der Waals surface area contributed by atoms with Crippen LogP contribution >= 0.6 is 11.3 Å². The van der Waals surface area contributed by atoms with E-state index in [9.17, 15) is 13.2 Å². The second-order valence-electron chi connectivity index (χ2n) is 8.39. The van der Waals surface area contributed by atoms with Crippen LogP contribution in [0.15, 0.2) is 28.5 Å². The molecule has 2 N–H and O–H groups in total. The summed E-state index contributed by atoms with van der Waals surface area (Å²) in [5.74, 6) is 0.920. The number of piperazine rings is 1. The van der Waals surface area contributed by atoms with Crippen molar-refractivity contribution in [3.63, 3.8) is 0 Å². The quantitative estimate of drug-likeness (QED) is 0.517. The van der Waals surface area contributed by atoms with Crippen LogP contribution in [-0.4, -0.2) is 64.8 Å². The highest BCUT2D eigenvalue weighted by molar-refractivity contribution is 7.89. The molecule has 3 aromatic rings. The van der Waals surface area contributed by atoms with Gasteiger partial charge in [0.2, 0.25) is 15.9 Å². The number of sulfonamides is 1. The molecule has 4 rings (SSSR count). The number of fused-ring (bicyclic) bond motifs is 1. The lowest BCUT2D eigenvalue weighted by Crippen LogP contribution is -2.48. The number of carbonyl (C=O) groups excluding carboxylic acids is 1. The van der Waals surface area contributed by atoms with Crippen molar-refractivity contribution in [2.24, 2.45) is 5.14 Å². The Morgan fingerprint density at radius 2 is 1.94 bits per heavy atom. The Morgan fingerprint density at radius 1 is 1.18 bits per heavy atom. The van der Waals surface area contributed by atoms with Crippen molar-refractivity contribution in [3.05, 3.63) is 40.1 Å². The maximum Gasteiger partial charge on any atom is 0.238 e. The van der Waals surface area contributed by atoms with E-state index >= 15 is 0 Å². The zero-order valence-corrected chi connectivity index (χ0v) is 20.7. The number of nitrogens with zero attached hydrogens (tertiary/aromatic N) is 5. The van der Waals surface area contributed by atoms with E-state index in [2.05, 4.69) is 31.7 Å².